The van der Waals surface area contributed by atoms with Crippen LogP contribution in [0.2, 0.25) is 0 Å². The molecular weight excluding hydrogens is 263 g/mol. The van der Waals surface area contributed by atoms with Gasteiger partial charge in [-0.25, -0.2) is 0 Å². The highest BCUT2D eigenvalue weighted by Crippen LogP contribution is 2.19. The minimum absolute atomic E-state index is 0.916. The van der Waals surface area contributed by atoms with Crippen LogP contribution in [0.3, 0.4) is 0 Å². The number of benzene rings is 1. The molecule has 0 aliphatic carbocycles. The summed E-state index contributed by atoms with van der Waals surface area (Å²) in [6, 6.07) is 7.95. The smallest absolute Gasteiger partial charge is 0.139 e. The Morgan fingerprint density at radius 2 is 2.00 bits per heavy atom. The Morgan fingerprint density at radius 3 is 2.58 bits per heavy atom. The second kappa shape index (κ2) is 4.50. The fraction of sp³-hybridized carbons (Fsp3) is 0.200. The first-order chi connectivity index (χ1) is 5.70. The standard InChI is InChI=1S/C10H11IO/c1-8(2)7-12-10-6-4-3-5-9(10)11/h3-7H,1-2H3. The van der Waals surface area contributed by atoms with Crippen LogP contribution in [0.5, 0.6) is 5.75 Å². The average Bonchev–Trinajstić information content (AvgIpc) is 2.03. The van der Waals surface area contributed by atoms with E-state index in [1.807, 2.05) is 38.1 Å². The zero-order chi connectivity index (χ0) is 8.97. The summed E-state index contributed by atoms with van der Waals surface area (Å²) in [5.41, 5.74) is 1.16. The van der Waals surface area contributed by atoms with Gasteiger partial charge >= 0.3 is 0 Å². The number of allylic oxidation sites excluding steroid dienone is 1. The third kappa shape index (κ3) is 2.85. The summed E-state index contributed by atoms with van der Waals surface area (Å²) >= 11 is 2.25. The Kier molecular flexibility index (Phi) is 3.59. The van der Waals surface area contributed by atoms with Crippen molar-refractivity contribution in [3.8, 4) is 5.75 Å². The second-order valence-corrected chi connectivity index (χ2v) is 3.91. The molecule has 2 heteroatoms. The van der Waals surface area contributed by atoms with Crippen LogP contribution in [0.15, 0.2) is 36.1 Å². The van der Waals surface area contributed by atoms with Gasteiger partial charge in [0.15, 0.2) is 0 Å². The molecule has 0 spiro atoms. The quantitative estimate of drug-likeness (QED) is 0.591. The highest BCUT2D eigenvalue weighted by Gasteiger charge is 1.95. The van der Waals surface area contributed by atoms with E-state index in [9.17, 15) is 0 Å². The van der Waals surface area contributed by atoms with Crippen molar-refractivity contribution in [1.29, 1.82) is 0 Å². The lowest BCUT2D eigenvalue weighted by atomic mass is 10.3. The van der Waals surface area contributed by atoms with Crippen molar-refractivity contribution < 1.29 is 4.74 Å². The van der Waals surface area contributed by atoms with Crippen LogP contribution >= 0.6 is 22.6 Å². The van der Waals surface area contributed by atoms with Gasteiger partial charge in [-0.2, -0.15) is 0 Å². The number of para-hydroxylation sites is 1. The number of rotatable bonds is 2. The predicted molar refractivity (Wildman–Crippen MR) is 59.2 cm³/mol. The van der Waals surface area contributed by atoms with Gasteiger partial charge in [-0.05, 0) is 54.1 Å². The Balaban J connectivity index is 2.76. The van der Waals surface area contributed by atoms with Gasteiger partial charge in [-0.15, -0.1) is 0 Å². The van der Waals surface area contributed by atoms with E-state index in [4.69, 9.17) is 4.74 Å². The van der Waals surface area contributed by atoms with Gasteiger partial charge in [0.2, 0.25) is 0 Å². The topological polar surface area (TPSA) is 9.23 Å². The summed E-state index contributed by atoms with van der Waals surface area (Å²) in [6.07, 6.45) is 1.76. The first kappa shape index (κ1) is 9.58. The lowest BCUT2D eigenvalue weighted by Crippen LogP contribution is -1.85. The van der Waals surface area contributed by atoms with Gasteiger partial charge in [-0.3, -0.25) is 0 Å². The molecule has 0 aromatic heterocycles. The molecule has 0 fully saturated rings. The molecule has 1 aromatic carbocycles. The molecule has 0 heterocycles. The molecule has 1 rings (SSSR count). The summed E-state index contributed by atoms with van der Waals surface area (Å²) in [7, 11) is 0. The van der Waals surface area contributed by atoms with Crippen LogP contribution in [-0.2, 0) is 0 Å². The van der Waals surface area contributed by atoms with E-state index in [-0.39, 0.29) is 0 Å². The van der Waals surface area contributed by atoms with E-state index in [1.54, 1.807) is 6.26 Å². The van der Waals surface area contributed by atoms with E-state index in [2.05, 4.69) is 22.6 Å². The van der Waals surface area contributed by atoms with E-state index in [0.29, 0.717) is 0 Å². The fourth-order valence-electron chi connectivity index (χ4n) is 0.722. The lowest BCUT2D eigenvalue weighted by molar-refractivity contribution is 0.472. The molecule has 64 valence electrons. The van der Waals surface area contributed by atoms with Crippen LogP contribution in [0.25, 0.3) is 0 Å². The number of hydrogen-bond donors (Lipinski definition) is 0. The van der Waals surface area contributed by atoms with Gasteiger partial charge in [-0.1, -0.05) is 12.1 Å². The van der Waals surface area contributed by atoms with Crippen molar-refractivity contribution in [1.82, 2.24) is 0 Å². The fourth-order valence-corrected chi connectivity index (χ4v) is 1.24. The van der Waals surface area contributed by atoms with E-state index < -0.39 is 0 Å². The molecule has 0 N–H and O–H groups in total. The van der Waals surface area contributed by atoms with Gasteiger partial charge in [0.05, 0.1) is 9.83 Å². The van der Waals surface area contributed by atoms with E-state index in [0.717, 1.165) is 14.9 Å². The summed E-state index contributed by atoms with van der Waals surface area (Å²) in [4.78, 5) is 0. The predicted octanol–water partition coefficient (Wildman–Crippen LogP) is 3.59. The van der Waals surface area contributed by atoms with Crippen molar-refractivity contribution in [2.75, 3.05) is 0 Å². The third-order valence-corrected chi connectivity index (χ3v) is 2.15. The molecule has 0 amide bonds. The van der Waals surface area contributed by atoms with Crippen molar-refractivity contribution in [2.45, 2.75) is 13.8 Å². The third-order valence-electron chi connectivity index (χ3n) is 1.26. The Hall–Kier alpha value is -0.510. The minimum atomic E-state index is 0.916. The zero-order valence-corrected chi connectivity index (χ0v) is 9.33. The summed E-state index contributed by atoms with van der Waals surface area (Å²) < 4.78 is 6.56. The minimum Gasteiger partial charge on any atom is -0.464 e. The molecule has 0 saturated heterocycles. The molecule has 0 aliphatic heterocycles. The van der Waals surface area contributed by atoms with Gasteiger partial charge in [0.1, 0.15) is 5.75 Å². The molecule has 0 unspecified atom stereocenters. The van der Waals surface area contributed by atoms with E-state index in [1.165, 1.54) is 0 Å². The first-order valence-corrected chi connectivity index (χ1v) is 4.82. The SMILES string of the molecule is CC(C)=COc1ccccc1I. The summed E-state index contributed by atoms with van der Waals surface area (Å²) in [5, 5.41) is 0. The molecule has 0 bridgehead atoms. The van der Waals surface area contributed by atoms with Crippen LogP contribution in [0.1, 0.15) is 13.8 Å². The van der Waals surface area contributed by atoms with Crippen LogP contribution in [0, 0.1) is 3.57 Å². The highest BCUT2D eigenvalue weighted by molar-refractivity contribution is 14.1. The van der Waals surface area contributed by atoms with Crippen molar-refractivity contribution in [3.05, 3.63) is 39.7 Å². The maximum Gasteiger partial charge on any atom is 0.139 e. The molecule has 0 radical (unpaired) electrons. The van der Waals surface area contributed by atoms with Gasteiger partial charge in [0, 0.05) is 0 Å². The average molecular weight is 274 g/mol. The zero-order valence-electron chi connectivity index (χ0n) is 7.17. The highest BCUT2D eigenvalue weighted by atomic mass is 127. The monoisotopic (exact) mass is 274 g/mol. The van der Waals surface area contributed by atoms with Crippen molar-refractivity contribution in [2.24, 2.45) is 0 Å². The van der Waals surface area contributed by atoms with Gasteiger partial charge in [0.25, 0.3) is 0 Å². The lowest BCUT2D eigenvalue weighted by Gasteiger charge is -2.02. The number of halogens is 1. The Bertz CT molecular complexity index is 288. The van der Waals surface area contributed by atoms with Crippen LogP contribution in [0.4, 0.5) is 0 Å². The number of ether oxygens (including phenoxy) is 1. The molecule has 0 atom stereocenters. The molecule has 1 nitrogen and oxygen atoms in total. The Morgan fingerprint density at radius 1 is 1.33 bits per heavy atom. The van der Waals surface area contributed by atoms with Crippen LogP contribution < -0.4 is 4.74 Å². The first-order valence-electron chi connectivity index (χ1n) is 3.74. The van der Waals surface area contributed by atoms with Crippen molar-refractivity contribution >= 4 is 22.6 Å². The molecule has 0 saturated carbocycles. The molecular formula is C10H11IO. The molecule has 0 aliphatic rings. The molecule has 1 aromatic rings. The van der Waals surface area contributed by atoms with Gasteiger partial charge < -0.3 is 4.74 Å². The maximum absolute atomic E-state index is 5.43. The number of hydrogen-bond acceptors (Lipinski definition) is 1. The maximum atomic E-state index is 5.43. The summed E-state index contributed by atoms with van der Waals surface area (Å²) in [6.45, 7) is 4.02. The van der Waals surface area contributed by atoms with Crippen molar-refractivity contribution in [3.63, 3.8) is 0 Å². The van der Waals surface area contributed by atoms with E-state index >= 15 is 0 Å². The summed E-state index contributed by atoms with van der Waals surface area (Å²) in [5.74, 6) is 0.916. The molecule has 12 heavy (non-hydrogen) atoms. The normalized spacial score (nSPS) is 9.25. The second-order valence-electron chi connectivity index (χ2n) is 2.74. The Labute approximate surface area is 86.6 Å². The van der Waals surface area contributed by atoms with Crippen LogP contribution in [-0.4, -0.2) is 0 Å². The largest absolute Gasteiger partial charge is 0.464 e.